The second-order valence-electron chi connectivity index (χ2n) is 5.10. The van der Waals surface area contributed by atoms with Gasteiger partial charge in [0.2, 0.25) is 0 Å². The van der Waals surface area contributed by atoms with Crippen LogP contribution in [0.5, 0.6) is 0 Å². The normalized spacial score (nSPS) is 14.6. The van der Waals surface area contributed by atoms with Gasteiger partial charge in [0.1, 0.15) is 0 Å². The number of aromatic nitrogens is 2. The molecule has 0 bridgehead atoms. The van der Waals surface area contributed by atoms with Crippen molar-refractivity contribution in [3.05, 3.63) is 47.3 Å². The fourth-order valence-electron chi connectivity index (χ4n) is 2.50. The van der Waals surface area contributed by atoms with Crippen molar-refractivity contribution in [3.63, 3.8) is 0 Å². The molecule has 6 nitrogen and oxygen atoms in total. The number of ether oxygens (including phenoxy) is 1. The van der Waals surface area contributed by atoms with E-state index in [2.05, 4.69) is 10.00 Å². The van der Waals surface area contributed by atoms with Gasteiger partial charge < -0.3 is 14.7 Å². The molecule has 0 unspecified atom stereocenters. The van der Waals surface area contributed by atoms with Crippen LogP contribution in [-0.4, -0.2) is 34.0 Å². The van der Waals surface area contributed by atoms with Gasteiger partial charge in [-0.05, 0) is 18.2 Å². The average Bonchev–Trinajstić information content (AvgIpc) is 2.76. The highest BCUT2D eigenvalue weighted by atomic mass is 16.5. The van der Waals surface area contributed by atoms with Gasteiger partial charge in [-0.2, -0.15) is 5.10 Å². The molecule has 1 aromatic carbocycles. The molecule has 110 valence electrons. The Labute approximate surface area is 122 Å². The maximum absolute atomic E-state index is 11.2. The fourth-order valence-corrected chi connectivity index (χ4v) is 2.50. The Morgan fingerprint density at radius 2 is 2.29 bits per heavy atom. The number of fused-ring (bicyclic) bond motifs is 1. The summed E-state index contributed by atoms with van der Waals surface area (Å²) in [7, 11) is 1.88. The number of aromatic carboxylic acids is 1. The Balaban J connectivity index is 1.94. The Hall–Kier alpha value is -2.34. The second-order valence-corrected chi connectivity index (χ2v) is 5.10. The summed E-state index contributed by atoms with van der Waals surface area (Å²) in [5.74, 6) is -0.916. The molecule has 1 aromatic heterocycles. The molecule has 0 spiro atoms. The first kappa shape index (κ1) is 13.6. The monoisotopic (exact) mass is 287 g/mol. The van der Waals surface area contributed by atoms with E-state index < -0.39 is 5.97 Å². The van der Waals surface area contributed by atoms with E-state index in [1.165, 1.54) is 0 Å². The van der Waals surface area contributed by atoms with E-state index in [9.17, 15) is 9.90 Å². The maximum atomic E-state index is 11.2. The van der Waals surface area contributed by atoms with E-state index in [4.69, 9.17) is 4.74 Å². The van der Waals surface area contributed by atoms with Crippen LogP contribution in [0.3, 0.4) is 0 Å². The van der Waals surface area contributed by atoms with Gasteiger partial charge in [0, 0.05) is 31.0 Å². The summed E-state index contributed by atoms with van der Waals surface area (Å²) in [4.78, 5) is 13.3. The summed E-state index contributed by atoms with van der Waals surface area (Å²) in [6.45, 7) is 2.48. The van der Waals surface area contributed by atoms with Crippen molar-refractivity contribution < 1.29 is 14.6 Å². The first-order valence-corrected chi connectivity index (χ1v) is 6.81. The van der Waals surface area contributed by atoms with Crippen LogP contribution in [0, 0.1) is 0 Å². The molecule has 0 aliphatic carbocycles. The zero-order valence-electron chi connectivity index (χ0n) is 11.8. The van der Waals surface area contributed by atoms with Gasteiger partial charge in [0.25, 0.3) is 0 Å². The van der Waals surface area contributed by atoms with E-state index in [0.717, 1.165) is 16.9 Å². The number of rotatable bonds is 3. The molecule has 2 aromatic rings. The molecule has 0 radical (unpaired) electrons. The number of carboxylic acid groups (broad SMARTS) is 1. The zero-order valence-corrected chi connectivity index (χ0v) is 11.8. The second kappa shape index (κ2) is 5.57. The van der Waals surface area contributed by atoms with Gasteiger partial charge in [-0.3, -0.25) is 4.68 Å². The molecule has 1 aliphatic rings. The van der Waals surface area contributed by atoms with Crippen LogP contribution in [0.25, 0.3) is 0 Å². The summed E-state index contributed by atoms with van der Waals surface area (Å²) in [6.07, 6.45) is 1.90. The third-order valence-corrected chi connectivity index (χ3v) is 3.56. The molecule has 0 atom stereocenters. The third kappa shape index (κ3) is 2.90. The minimum absolute atomic E-state index is 0.293. The Morgan fingerprint density at radius 1 is 1.43 bits per heavy atom. The molecule has 1 aliphatic heterocycles. The number of hydrogen-bond acceptors (Lipinski definition) is 4. The van der Waals surface area contributed by atoms with Crippen molar-refractivity contribution in [2.24, 2.45) is 7.05 Å². The summed E-state index contributed by atoms with van der Waals surface area (Å²) >= 11 is 0. The number of aryl methyl sites for hydroxylation is 1. The van der Waals surface area contributed by atoms with Gasteiger partial charge in [0.15, 0.2) is 0 Å². The Kier molecular flexibility index (Phi) is 3.62. The van der Waals surface area contributed by atoms with Crippen molar-refractivity contribution >= 4 is 11.7 Å². The highest BCUT2D eigenvalue weighted by Gasteiger charge is 2.18. The third-order valence-electron chi connectivity index (χ3n) is 3.56. The van der Waals surface area contributed by atoms with Crippen molar-refractivity contribution in [2.75, 3.05) is 18.1 Å². The van der Waals surface area contributed by atoms with Gasteiger partial charge in [-0.25, -0.2) is 4.79 Å². The molecule has 6 heteroatoms. The number of carboxylic acids is 1. The lowest BCUT2D eigenvalue weighted by Crippen LogP contribution is -2.26. The van der Waals surface area contributed by atoms with E-state index >= 15 is 0 Å². The predicted octanol–water partition coefficient (Wildman–Crippen LogP) is 1.66. The molecular weight excluding hydrogens is 270 g/mol. The van der Waals surface area contributed by atoms with Gasteiger partial charge in [0.05, 0.1) is 31.0 Å². The van der Waals surface area contributed by atoms with Crippen molar-refractivity contribution in [2.45, 2.75) is 13.2 Å². The van der Waals surface area contributed by atoms with Crippen molar-refractivity contribution in [3.8, 4) is 0 Å². The topological polar surface area (TPSA) is 67.6 Å². The quantitative estimate of drug-likeness (QED) is 0.929. The molecule has 1 N–H and O–H groups in total. The smallest absolute Gasteiger partial charge is 0.335 e. The van der Waals surface area contributed by atoms with E-state index in [0.29, 0.717) is 31.9 Å². The van der Waals surface area contributed by atoms with Gasteiger partial charge in [-0.1, -0.05) is 6.07 Å². The lowest BCUT2D eigenvalue weighted by atomic mass is 10.1. The highest BCUT2D eigenvalue weighted by molar-refractivity contribution is 5.89. The van der Waals surface area contributed by atoms with Crippen LogP contribution in [-0.2, 0) is 24.9 Å². The number of anilines is 1. The molecule has 0 amide bonds. The lowest BCUT2D eigenvalue weighted by Gasteiger charge is -2.23. The SMILES string of the molecule is Cn1ccc(CN2CCOCc3ccc(C(=O)O)cc32)n1. The zero-order chi connectivity index (χ0) is 14.8. The highest BCUT2D eigenvalue weighted by Crippen LogP contribution is 2.27. The number of benzene rings is 1. The van der Waals surface area contributed by atoms with Crippen LogP contribution in [0.15, 0.2) is 30.5 Å². The molecule has 21 heavy (non-hydrogen) atoms. The summed E-state index contributed by atoms with van der Waals surface area (Å²) in [6, 6.07) is 7.13. The first-order chi connectivity index (χ1) is 10.1. The Bertz CT molecular complexity index is 666. The van der Waals surface area contributed by atoms with E-state index in [-0.39, 0.29) is 0 Å². The summed E-state index contributed by atoms with van der Waals surface area (Å²) < 4.78 is 7.34. The van der Waals surface area contributed by atoms with Crippen LogP contribution in [0.2, 0.25) is 0 Å². The number of carbonyl (C=O) groups is 1. The van der Waals surface area contributed by atoms with Crippen LogP contribution < -0.4 is 4.90 Å². The van der Waals surface area contributed by atoms with Gasteiger partial charge in [-0.15, -0.1) is 0 Å². The van der Waals surface area contributed by atoms with E-state index in [1.54, 1.807) is 16.8 Å². The predicted molar refractivity (Wildman–Crippen MR) is 77.3 cm³/mol. The largest absolute Gasteiger partial charge is 0.478 e. The molecule has 0 saturated heterocycles. The minimum atomic E-state index is -0.916. The first-order valence-electron chi connectivity index (χ1n) is 6.81. The standard InChI is InChI=1S/C15H17N3O3/c1-17-5-4-13(16-17)9-18-6-7-21-10-12-3-2-11(15(19)20)8-14(12)18/h2-5,8H,6-7,9-10H2,1H3,(H,19,20). The number of hydrogen-bond donors (Lipinski definition) is 1. The van der Waals surface area contributed by atoms with Crippen LogP contribution >= 0.6 is 0 Å². The molecular formula is C15H17N3O3. The molecule has 0 fully saturated rings. The molecule has 3 rings (SSSR count). The maximum Gasteiger partial charge on any atom is 0.335 e. The average molecular weight is 287 g/mol. The Morgan fingerprint density at radius 3 is 3.00 bits per heavy atom. The number of nitrogens with zero attached hydrogens (tertiary/aromatic N) is 3. The molecule has 0 saturated carbocycles. The minimum Gasteiger partial charge on any atom is -0.478 e. The van der Waals surface area contributed by atoms with E-state index in [1.807, 2.05) is 25.4 Å². The fraction of sp³-hybridized carbons (Fsp3) is 0.333. The van der Waals surface area contributed by atoms with Crippen LogP contribution in [0.1, 0.15) is 21.6 Å². The lowest BCUT2D eigenvalue weighted by molar-refractivity contribution is 0.0697. The van der Waals surface area contributed by atoms with Crippen molar-refractivity contribution in [1.29, 1.82) is 0 Å². The van der Waals surface area contributed by atoms with Gasteiger partial charge >= 0.3 is 5.97 Å². The molecule has 2 heterocycles. The van der Waals surface area contributed by atoms with Crippen LogP contribution in [0.4, 0.5) is 5.69 Å². The summed E-state index contributed by atoms with van der Waals surface area (Å²) in [5.41, 5.74) is 3.17. The summed E-state index contributed by atoms with van der Waals surface area (Å²) in [5, 5.41) is 13.6. The van der Waals surface area contributed by atoms with Crippen molar-refractivity contribution in [1.82, 2.24) is 9.78 Å².